The molecule has 1 aromatic heterocycles. The van der Waals surface area contributed by atoms with E-state index in [1.165, 1.54) is 11.3 Å². The van der Waals surface area contributed by atoms with E-state index in [2.05, 4.69) is 31.5 Å². The van der Waals surface area contributed by atoms with Crippen molar-refractivity contribution in [2.24, 2.45) is 0 Å². The molecule has 1 aromatic carbocycles. The minimum absolute atomic E-state index is 0.281. The molecule has 2 N–H and O–H groups in total. The first-order chi connectivity index (χ1) is 14.2. The predicted octanol–water partition coefficient (Wildman–Crippen LogP) is 4.52. The number of ether oxygens (including phenoxy) is 1. The van der Waals surface area contributed by atoms with Gasteiger partial charge in [0.2, 0.25) is 5.91 Å². The Hall–Kier alpha value is -1.97. The molecule has 0 bridgehead atoms. The Morgan fingerprint density at radius 2 is 2.03 bits per heavy atom. The molecule has 0 aliphatic carbocycles. The number of hydrogen-bond acceptors (Lipinski definition) is 6. The fourth-order valence-corrected chi connectivity index (χ4v) is 4.66. The minimum Gasteiger partial charge on any atom is -0.485 e. The van der Waals surface area contributed by atoms with Gasteiger partial charge in [0.1, 0.15) is 5.54 Å². The molecule has 1 aliphatic heterocycles. The summed E-state index contributed by atoms with van der Waals surface area (Å²) in [4.78, 5) is 28.0. The molecule has 2 amide bonds. The predicted molar refractivity (Wildman–Crippen MR) is 129 cm³/mol. The molecule has 2 aromatic rings. The van der Waals surface area contributed by atoms with Crippen LogP contribution < -0.4 is 15.5 Å². The number of amides is 2. The van der Waals surface area contributed by atoms with Gasteiger partial charge in [-0.3, -0.25) is 9.59 Å². The first-order valence-electron chi connectivity index (χ1n) is 9.56. The maximum Gasteiger partial charge on any atom is 0.262 e. The van der Waals surface area contributed by atoms with Gasteiger partial charge in [-0.15, -0.1) is 11.3 Å². The molecule has 1 aliphatic rings. The first-order valence-corrected chi connectivity index (χ1v) is 11.6. The number of benzene rings is 1. The maximum atomic E-state index is 12.8. The number of carbonyl (C=O) groups is 2. The Labute approximate surface area is 194 Å². The Morgan fingerprint density at radius 3 is 2.70 bits per heavy atom. The van der Waals surface area contributed by atoms with Gasteiger partial charge in [-0.25, -0.2) is 0 Å². The summed E-state index contributed by atoms with van der Waals surface area (Å²) >= 11 is 9.92. The van der Waals surface area contributed by atoms with Crippen molar-refractivity contribution in [3.8, 4) is 0 Å². The third kappa shape index (κ3) is 5.59. The summed E-state index contributed by atoms with van der Waals surface area (Å²) in [5.41, 5.74) is 1.70. The highest BCUT2D eigenvalue weighted by molar-refractivity contribution is 9.11. The second kappa shape index (κ2) is 9.45. The lowest BCUT2D eigenvalue weighted by atomic mass is 10.0. The van der Waals surface area contributed by atoms with Gasteiger partial charge in [-0.05, 0) is 91.2 Å². The van der Waals surface area contributed by atoms with E-state index >= 15 is 0 Å². The van der Waals surface area contributed by atoms with Crippen LogP contribution >= 0.6 is 39.5 Å². The molecule has 160 valence electrons. The SMILES string of the molecule is Cc1cc(NC(=O)C(C)(C)NC(=O)c2ccc(Br)s2)ccc1N1CCCOC(=S)C1. The van der Waals surface area contributed by atoms with E-state index in [1.807, 2.05) is 25.1 Å². The van der Waals surface area contributed by atoms with Crippen molar-refractivity contribution in [2.45, 2.75) is 32.7 Å². The third-order valence-electron chi connectivity index (χ3n) is 4.74. The number of thiocarbonyl (C=S) groups is 1. The smallest absolute Gasteiger partial charge is 0.262 e. The highest BCUT2D eigenvalue weighted by Crippen LogP contribution is 2.26. The Morgan fingerprint density at radius 1 is 1.27 bits per heavy atom. The quantitative estimate of drug-likeness (QED) is 0.579. The molecule has 0 spiro atoms. The zero-order valence-corrected chi connectivity index (χ0v) is 20.3. The van der Waals surface area contributed by atoms with Crippen molar-refractivity contribution < 1.29 is 14.3 Å². The Kier molecular flexibility index (Phi) is 7.15. The van der Waals surface area contributed by atoms with Gasteiger partial charge < -0.3 is 20.3 Å². The lowest BCUT2D eigenvalue weighted by molar-refractivity contribution is -0.120. The highest BCUT2D eigenvalue weighted by atomic mass is 79.9. The van der Waals surface area contributed by atoms with Crippen LogP contribution in [0.15, 0.2) is 34.1 Å². The molecule has 0 saturated carbocycles. The molecule has 1 fully saturated rings. The van der Waals surface area contributed by atoms with Crippen LogP contribution in [0.1, 0.15) is 35.5 Å². The van der Waals surface area contributed by atoms with Crippen LogP contribution in [-0.4, -0.2) is 42.1 Å². The number of hydrogen-bond donors (Lipinski definition) is 2. The van der Waals surface area contributed by atoms with Crippen LogP contribution in [0.5, 0.6) is 0 Å². The van der Waals surface area contributed by atoms with Gasteiger partial charge in [-0.2, -0.15) is 0 Å². The topological polar surface area (TPSA) is 70.7 Å². The average molecular weight is 510 g/mol. The molecule has 0 radical (unpaired) electrons. The van der Waals surface area contributed by atoms with Crippen LogP contribution in [0, 0.1) is 6.92 Å². The van der Waals surface area contributed by atoms with Crippen molar-refractivity contribution in [3.05, 3.63) is 44.6 Å². The largest absolute Gasteiger partial charge is 0.485 e. The summed E-state index contributed by atoms with van der Waals surface area (Å²) < 4.78 is 6.33. The van der Waals surface area contributed by atoms with E-state index in [1.54, 1.807) is 26.0 Å². The fourth-order valence-electron chi connectivity index (χ4n) is 3.14. The van der Waals surface area contributed by atoms with Crippen LogP contribution in [0.2, 0.25) is 0 Å². The zero-order valence-electron chi connectivity index (χ0n) is 17.1. The first kappa shape index (κ1) is 22.7. The molecular weight excluding hydrogens is 486 g/mol. The summed E-state index contributed by atoms with van der Waals surface area (Å²) in [6.07, 6.45) is 0.909. The summed E-state index contributed by atoms with van der Waals surface area (Å²) in [5, 5.41) is 6.30. The number of anilines is 2. The van der Waals surface area contributed by atoms with E-state index in [0.29, 0.717) is 28.8 Å². The monoisotopic (exact) mass is 509 g/mol. The average Bonchev–Trinajstić information content (AvgIpc) is 2.99. The molecular formula is C21H24BrN3O3S2. The maximum absolute atomic E-state index is 12.8. The normalized spacial score (nSPS) is 14.7. The zero-order chi connectivity index (χ0) is 21.9. The molecule has 2 heterocycles. The third-order valence-corrected chi connectivity index (χ3v) is 6.61. The number of rotatable bonds is 5. The molecule has 0 unspecified atom stereocenters. The van der Waals surface area contributed by atoms with Crippen molar-refractivity contribution in [3.63, 3.8) is 0 Å². The van der Waals surface area contributed by atoms with Gasteiger partial charge >= 0.3 is 0 Å². The van der Waals surface area contributed by atoms with Crippen LogP contribution in [0.3, 0.4) is 0 Å². The molecule has 6 nitrogen and oxygen atoms in total. The fraction of sp³-hybridized carbons (Fsp3) is 0.381. The highest BCUT2D eigenvalue weighted by Gasteiger charge is 2.30. The molecule has 0 atom stereocenters. The van der Waals surface area contributed by atoms with Gasteiger partial charge in [0.05, 0.1) is 21.8 Å². The van der Waals surface area contributed by atoms with E-state index < -0.39 is 5.54 Å². The van der Waals surface area contributed by atoms with Crippen LogP contribution in [0.4, 0.5) is 11.4 Å². The molecule has 30 heavy (non-hydrogen) atoms. The standard InChI is InChI=1S/C21H24BrN3O3S2/c1-13-11-14(5-6-15(13)25-9-4-10-28-18(29)12-25)23-20(27)21(2,3)24-19(26)16-7-8-17(22)30-16/h5-8,11H,4,9-10,12H2,1-3H3,(H,23,27)(H,24,26). The summed E-state index contributed by atoms with van der Waals surface area (Å²) in [5.74, 6) is -0.570. The Balaban J connectivity index is 1.67. The summed E-state index contributed by atoms with van der Waals surface area (Å²) in [7, 11) is 0. The van der Waals surface area contributed by atoms with Crippen LogP contribution in [-0.2, 0) is 9.53 Å². The molecule has 3 rings (SSSR count). The minimum atomic E-state index is -1.07. The van der Waals surface area contributed by atoms with E-state index in [4.69, 9.17) is 17.0 Å². The van der Waals surface area contributed by atoms with Gasteiger partial charge in [0.25, 0.3) is 5.91 Å². The molecule has 9 heteroatoms. The van der Waals surface area contributed by atoms with Crippen molar-refractivity contribution in [2.75, 3.05) is 29.9 Å². The number of carbonyl (C=O) groups excluding carboxylic acids is 2. The van der Waals surface area contributed by atoms with E-state index in [0.717, 1.165) is 28.0 Å². The lowest BCUT2D eigenvalue weighted by Crippen LogP contribution is -2.52. The van der Waals surface area contributed by atoms with Crippen molar-refractivity contribution in [1.29, 1.82) is 0 Å². The lowest BCUT2D eigenvalue weighted by Gasteiger charge is -2.26. The number of nitrogens with one attached hydrogen (secondary N) is 2. The van der Waals surface area contributed by atoms with E-state index in [9.17, 15) is 9.59 Å². The number of aryl methyl sites for hydroxylation is 1. The summed E-state index contributed by atoms with van der Waals surface area (Å²) in [6.45, 7) is 7.46. The Bertz CT molecular complexity index is 974. The second-order valence-electron chi connectivity index (χ2n) is 7.63. The molecule has 1 saturated heterocycles. The van der Waals surface area contributed by atoms with Gasteiger partial charge in [-0.1, -0.05) is 0 Å². The van der Waals surface area contributed by atoms with Gasteiger partial charge in [0, 0.05) is 17.9 Å². The number of halogens is 1. The van der Waals surface area contributed by atoms with Gasteiger partial charge in [0.15, 0.2) is 5.05 Å². The van der Waals surface area contributed by atoms with Crippen molar-refractivity contribution >= 4 is 67.7 Å². The van der Waals surface area contributed by atoms with Crippen molar-refractivity contribution in [1.82, 2.24) is 5.32 Å². The second-order valence-corrected chi connectivity index (χ2v) is 10.6. The van der Waals surface area contributed by atoms with E-state index in [-0.39, 0.29) is 11.8 Å². The number of nitrogens with zero attached hydrogens (tertiary/aromatic N) is 1. The number of thiophene rings is 1. The van der Waals surface area contributed by atoms with Crippen LogP contribution in [0.25, 0.3) is 0 Å². The summed E-state index contributed by atoms with van der Waals surface area (Å²) in [6, 6.07) is 9.30.